The lowest BCUT2D eigenvalue weighted by Gasteiger charge is -2.33. The molecule has 0 unspecified atom stereocenters. The third-order valence-corrected chi connectivity index (χ3v) is 6.55. The molecule has 180 valence electrons. The Hall–Kier alpha value is -2.10. The van der Waals surface area contributed by atoms with Crippen LogP contribution in [0.25, 0.3) is 0 Å². The van der Waals surface area contributed by atoms with E-state index >= 15 is 0 Å². The zero-order chi connectivity index (χ0) is 25.0. The number of rotatable bonds is 8. The number of amides is 2. The number of carbonyl (C=O) groups excluding carboxylic acids is 2. The number of hydrogen-bond donors (Lipinski definition) is 1. The van der Waals surface area contributed by atoms with Gasteiger partial charge in [0.2, 0.25) is 21.8 Å². The number of halogens is 2. The summed E-state index contributed by atoms with van der Waals surface area (Å²) in [4.78, 5) is 27.7. The Morgan fingerprint density at radius 3 is 2.30 bits per heavy atom. The molecule has 33 heavy (non-hydrogen) atoms. The van der Waals surface area contributed by atoms with Crippen molar-refractivity contribution < 1.29 is 18.0 Å². The number of carbonyl (C=O) groups is 2. The predicted molar refractivity (Wildman–Crippen MR) is 136 cm³/mol. The highest BCUT2D eigenvalue weighted by Gasteiger charge is 2.31. The van der Waals surface area contributed by atoms with Gasteiger partial charge < -0.3 is 10.2 Å². The summed E-state index contributed by atoms with van der Waals surface area (Å²) in [5.41, 5.74) is 0.569. The fourth-order valence-corrected chi connectivity index (χ4v) is 4.58. The van der Waals surface area contributed by atoms with E-state index in [1.165, 1.54) is 4.90 Å². The summed E-state index contributed by atoms with van der Waals surface area (Å²) < 4.78 is 26.8. The number of benzene rings is 2. The normalized spacial score (nSPS) is 12.7. The highest BCUT2D eigenvalue weighted by atomic mass is 79.9. The van der Waals surface area contributed by atoms with E-state index in [0.717, 1.165) is 16.1 Å². The first-order chi connectivity index (χ1) is 15.2. The van der Waals surface area contributed by atoms with Gasteiger partial charge in [-0.2, -0.15) is 0 Å². The molecule has 0 bridgehead atoms. The minimum absolute atomic E-state index is 0.0915. The van der Waals surface area contributed by atoms with Gasteiger partial charge in [-0.1, -0.05) is 45.7 Å². The molecule has 10 heteroatoms. The molecule has 0 saturated heterocycles. The van der Waals surface area contributed by atoms with Gasteiger partial charge in [0.05, 0.1) is 11.9 Å². The molecule has 2 aromatic rings. The van der Waals surface area contributed by atoms with Gasteiger partial charge in [-0.25, -0.2) is 8.42 Å². The van der Waals surface area contributed by atoms with Crippen LogP contribution in [-0.2, 0) is 26.2 Å². The first-order valence-corrected chi connectivity index (χ1v) is 13.3. The molecule has 2 rings (SSSR count). The maximum Gasteiger partial charge on any atom is 0.244 e. The van der Waals surface area contributed by atoms with Crippen molar-refractivity contribution in [1.82, 2.24) is 10.2 Å². The van der Waals surface area contributed by atoms with Crippen molar-refractivity contribution in [2.75, 3.05) is 17.1 Å². The maximum absolute atomic E-state index is 13.5. The third kappa shape index (κ3) is 8.32. The lowest BCUT2D eigenvalue weighted by Crippen LogP contribution is -2.54. The van der Waals surface area contributed by atoms with E-state index in [4.69, 9.17) is 11.6 Å². The first kappa shape index (κ1) is 27.1. The molecule has 1 atom stereocenters. The molecule has 7 nitrogen and oxygen atoms in total. The molecule has 0 fully saturated rings. The number of hydrogen-bond acceptors (Lipinski definition) is 4. The summed E-state index contributed by atoms with van der Waals surface area (Å²) in [5.74, 6) is -0.858. The minimum atomic E-state index is -3.77. The minimum Gasteiger partial charge on any atom is -0.350 e. The summed E-state index contributed by atoms with van der Waals surface area (Å²) in [5, 5.41) is 3.38. The van der Waals surface area contributed by atoms with Crippen LogP contribution in [0.3, 0.4) is 0 Å². The molecule has 0 heterocycles. The summed E-state index contributed by atoms with van der Waals surface area (Å²) in [6, 6.07) is 12.8. The largest absolute Gasteiger partial charge is 0.350 e. The van der Waals surface area contributed by atoms with Gasteiger partial charge in [-0.05, 0) is 63.6 Å². The van der Waals surface area contributed by atoms with Crippen molar-refractivity contribution in [1.29, 1.82) is 0 Å². The van der Waals surface area contributed by atoms with Crippen LogP contribution in [0, 0.1) is 0 Å². The van der Waals surface area contributed by atoms with E-state index in [2.05, 4.69) is 21.2 Å². The summed E-state index contributed by atoms with van der Waals surface area (Å²) in [6.07, 6.45) is 1.04. The standard InChI is InChI=1S/C23H29BrClN3O4S/c1-16(22(30)26-23(2,3)4)27(14-17-8-6-10-19(25)12-17)21(29)15-28(33(5,31)32)20-11-7-9-18(24)13-20/h6-13,16H,14-15H2,1-5H3,(H,26,30)/t16-/m1/s1. The second-order valence-electron chi connectivity index (χ2n) is 8.82. The molecule has 0 aliphatic heterocycles. The molecule has 0 aliphatic rings. The van der Waals surface area contributed by atoms with Gasteiger partial charge in [-0.15, -0.1) is 0 Å². The average Bonchev–Trinajstić information content (AvgIpc) is 2.67. The molecule has 0 spiro atoms. The Labute approximate surface area is 209 Å². The number of nitrogens with zero attached hydrogens (tertiary/aromatic N) is 2. The van der Waals surface area contributed by atoms with Crippen molar-refractivity contribution >= 4 is 55.1 Å². The summed E-state index contributed by atoms with van der Waals surface area (Å²) >= 11 is 9.43. The zero-order valence-electron chi connectivity index (χ0n) is 19.3. The van der Waals surface area contributed by atoms with Crippen LogP contribution < -0.4 is 9.62 Å². The van der Waals surface area contributed by atoms with E-state index < -0.39 is 34.1 Å². The van der Waals surface area contributed by atoms with E-state index in [-0.39, 0.29) is 12.5 Å². The molecular formula is C23H29BrClN3O4S. The molecule has 2 aromatic carbocycles. The van der Waals surface area contributed by atoms with Crippen LogP contribution in [0.15, 0.2) is 53.0 Å². The molecule has 2 amide bonds. The van der Waals surface area contributed by atoms with E-state index in [0.29, 0.717) is 15.2 Å². The smallest absolute Gasteiger partial charge is 0.244 e. The molecular weight excluding hydrogens is 530 g/mol. The van der Waals surface area contributed by atoms with Gasteiger partial charge in [0.15, 0.2) is 0 Å². The first-order valence-electron chi connectivity index (χ1n) is 10.3. The summed E-state index contributed by atoms with van der Waals surface area (Å²) in [6.45, 7) is 6.79. The van der Waals surface area contributed by atoms with Gasteiger partial charge in [0.1, 0.15) is 12.6 Å². The molecule has 1 N–H and O–H groups in total. The van der Waals surface area contributed by atoms with Crippen molar-refractivity contribution in [3.05, 3.63) is 63.6 Å². The van der Waals surface area contributed by atoms with E-state index in [1.54, 1.807) is 55.5 Å². The highest BCUT2D eigenvalue weighted by molar-refractivity contribution is 9.10. The lowest BCUT2D eigenvalue weighted by molar-refractivity contribution is -0.140. The van der Waals surface area contributed by atoms with Gasteiger partial charge in [0, 0.05) is 21.6 Å². The summed E-state index contributed by atoms with van der Waals surface area (Å²) in [7, 11) is -3.77. The van der Waals surface area contributed by atoms with Gasteiger partial charge >= 0.3 is 0 Å². The third-order valence-electron chi connectivity index (χ3n) is 4.68. The molecule has 0 saturated carbocycles. The second kappa shape index (κ2) is 10.9. The van der Waals surface area contributed by atoms with Crippen LogP contribution in [0.5, 0.6) is 0 Å². The quantitative estimate of drug-likeness (QED) is 0.526. The Balaban J connectivity index is 2.41. The number of sulfonamides is 1. The van der Waals surface area contributed by atoms with Crippen molar-refractivity contribution in [3.8, 4) is 0 Å². The molecule has 0 radical (unpaired) electrons. The Bertz CT molecular complexity index is 1120. The predicted octanol–water partition coefficient (Wildman–Crippen LogP) is 4.20. The molecule has 0 aromatic heterocycles. The van der Waals surface area contributed by atoms with Crippen LogP contribution in [0.2, 0.25) is 5.02 Å². The number of nitrogens with one attached hydrogen (secondary N) is 1. The molecule has 0 aliphatic carbocycles. The van der Waals surface area contributed by atoms with E-state index in [9.17, 15) is 18.0 Å². The zero-order valence-corrected chi connectivity index (χ0v) is 22.5. The van der Waals surface area contributed by atoms with Crippen molar-refractivity contribution in [3.63, 3.8) is 0 Å². The van der Waals surface area contributed by atoms with Crippen LogP contribution in [-0.4, -0.2) is 49.5 Å². The van der Waals surface area contributed by atoms with Crippen LogP contribution in [0.4, 0.5) is 5.69 Å². The Morgan fingerprint density at radius 1 is 1.12 bits per heavy atom. The second-order valence-corrected chi connectivity index (χ2v) is 12.1. The fraction of sp³-hybridized carbons (Fsp3) is 0.391. The lowest BCUT2D eigenvalue weighted by atomic mass is 10.1. The maximum atomic E-state index is 13.5. The van der Waals surface area contributed by atoms with Crippen molar-refractivity contribution in [2.24, 2.45) is 0 Å². The van der Waals surface area contributed by atoms with Gasteiger partial charge in [-0.3, -0.25) is 13.9 Å². The van der Waals surface area contributed by atoms with E-state index in [1.807, 2.05) is 20.8 Å². The average molecular weight is 559 g/mol. The van der Waals surface area contributed by atoms with Crippen molar-refractivity contribution in [2.45, 2.75) is 45.8 Å². The SMILES string of the molecule is C[C@H](C(=O)NC(C)(C)C)N(Cc1cccc(Cl)c1)C(=O)CN(c1cccc(Br)c1)S(C)(=O)=O. The van der Waals surface area contributed by atoms with Gasteiger partial charge in [0.25, 0.3) is 0 Å². The number of anilines is 1. The monoisotopic (exact) mass is 557 g/mol. The fourth-order valence-electron chi connectivity index (χ4n) is 3.13. The van der Waals surface area contributed by atoms with Crippen LogP contribution in [0.1, 0.15) is 33.3 Å². The van der Waals surface area contributed by atoms with Crippen LogP contribution >= 0.6 is 27.5 Å². The Kier molecular flexibility index (Phi) is 8.95. The highest BCUT2D eigenvalue weighted by Crippen LogP contribution is 2.23. The topological polar surface area (TPSA) is 86.8 Å². The Morgan fingerprint density at radius 2 is 1.76 bits per heavy atom.